The first-order valence-corrected chi connectivity index (χ1v) is 5.03. The van der Waals surface area contributed by atoms with Gasteiger partial charge in [0.1, 0.15) is 0 Å². The van der Waals surface area contributed by atoms with Gasteiger partial charge < -0.3 is 8.83 Å². The summed E-state index contributed by atoms with van der Waals surface area (Å²) in [5, 5.41) is -3.34. The van der Waals surface area contributed by atoms with Crippen LogP contribution in [0, 0.1) is 0 Å². The second-order valence-electron chi connectivity index (χ2n) is 3.95. The zero-order valence-corrected chi connectivity index (χ0v) is 9.16. The molecule has 0 aliphatic carbocycles. The first kappa shape index (κ1) is 12.3. The minimum atomic E-state index is -5.01. The quantitative estimate of drug-likeness (QED) is 0.597. The lowest BCUT2D eigenvalue weighted by Crippen LogP contribution is -2.10. The summed E-state index contributed by atoms with van der Waals surface area (Å²) in [5.41, 5.74) is -7.06. The molecule has 102 valence electrons. The lowest BCUT2D eigenvalue weighted by atomic mass is 10.0. The first-order valence-electron chi connectivity index (χ1n) is 5.03. The van der Waals surface area contributed by atoms with Gasteiger partial charge in [-0.3, -0.25) is 0 Å². The van der Waals surface area contributed by atoms with Gasteiger partial charge in [0.05, 0.1) is 27.1 Å². The molecule has 1 aromatic carbocycles. The molecular weight excluding hydrogens is 285 g/mol. The molecule has 0 unspecified atom stereocenters. The molecular formula is C11HF3O6. The summed E-state index contributed by atoms with van der Waals surface area (Å²) < 4.78 is 46.9. The maximum Gasteiger partial charge on any atom is 0.417 e. The van der Waals surface area contributed by atoms with Crippen LogP contribution in [0.25, 0.3) is 21.5 Å². The molecule has 3 rings (SSSR count). The Balaban J connectivity index is 2.82. The van der Waals surface area contributed by atoms with Crippen molar-refractivity contribution in [1.29, 1.82) is 0 Å². The van der Waals surface area contributed by atoms with Crippen molar-refractivity contribution >= 4 is 21.5 Å². The second kappa shape index (κ2) is 3.44. The molecule has 3 aromatic rings. The van der Waals surface area contributed by atoms with E-state index in [2.05, 4.69) is 8.83 Å². The fourth-order valence-electron chi connectivity index (χ4n) is 2.07. The highest BCUT2D eigenvalue weighted by Gasteiger charge is 2.37. The Labute approximate surface area is 104 Å². The van der Waals surface area contributed by atoms with Crippen LogP contribution in [0.1, 0.15) is 5.56 Å². The number of alkyl halides is 3. The molecule has 0 fully saturated rings. The second-order valence-corrected chi connectivity index (χ2v) is 3.95. The minimum absolute atomic E-state index is 0.307. The molecule has 0 radical (unpaired) electrons. The standard InChI is InChI=1S/C11HF3O6/c12-11(13,14)3-1-2-4(8(16)19-7(2)15)6-5(3)9(17)20-10(6)18/h1H. The lowest BCUT2D eigenvalue weighted by Gasteiger charge is -2.06. The summed E-state index contributed by atoms with van der Waals surface area (Å²) in [6, 6.07) is 0.307. The van der Waals surface area contributed by atoms with Gasteiger partial charge in [-0.2, -0.15) is 13.2 Å². The maximum absolute atomic E-state index is 12.9. The van der Waals surface area contributed by atoms with Crippen LogP contribution in [0.15, 0.2) is 34.1 Å². The zero-order valence-electron chi connectivity index (χ0n) is 9.16. The monoisotopic (exact) mass is 286 g/mol. The SMILES string of the molecule is O=c1oc(=O)c2c1cc(C(F)(F)F)c1c(=O)oc(=O)c12. The van der Waals surface area contributed by atoms with E-state index in [9.17, 15) is 32.3 Å². The van der Waals surface area contributed by atoms with E-state index >= 15 is 0 Å². The van der Waals surface area contributed by atoms with E-state index in [0.29, 0.717) is 6.07 Å². The third-order valence-electron chi connectivity index (χ3n) is 2.84. The highest BCUT2D eigenvalue weighted by atomic mass is 19.4. The van der Waals surface area contributed by atoms with Gasteiger partial charge in [-0.05, 0) is 6.07 Å². The molecule has 2 aromatic heterocycles. The third kappa shape index (κ3) is 1.40. The Bertz CT molecular complexity index is 1060. The predicted molar refractivity (Wildman–Crippen MR) is 58.4 cm³/mol. The molecule has 0 spiro atoms. The van der Waals surface area contributed by atoms with Crippen molar-refractivity contribution < 1.29 is 22.0 Å². The molecule has 0 saturated carbocycles. The highest BCUT2D eigenvalue weighted by molar-refractivity contribution is 6.07. The third-order valence-corrected chi connectivity index (χ3v) is 2.84. The Morgan fingerprint density at radius 3 is 1.85 bits per heavy atom. The van der Waals surface area contributed by atoms with Crippen LogP contribution in [0.3, 0.4) is 0 Å². The van der Waals surface area contributed by atoms with E-state index in [-0.39, 0.29) is 0 Å². The fraction of sp³-hybridized carbons (Fsp3) is 0.0909. The Hall–Kier alpha value is -2.71. The van der Waals surface area contributed by atoms with Crippen molar-refractivity contribution in [2.75, 3.05) is 0 Å². The number of hydrogen-bond donors (Lipinski definition) is 0. The molecule has 0 amide bonds. The summed E-state index contributed by atoms with van der Waals surface area (Å²) >= 11 is 0. The van der Waals surface area contributed by atoms with Crippen LogP contribution in [0.5, 0.6) is 0 Å². The number of benzene rings is 1. The van der Waals surface area contributed by atoms with Crippen LogP contribution in [-0.2, 0) is 6.18 Å². The summed E-state index contributed by atoms with van der Waals surface area (Å²) in [6.45, 7) is 0. The maximum atomic E-state index is 12.9. The molecule has 0 aliphatic rings. The normalized spacial score (nSPS) is 12.6. The summed E-state index contributed by atoms with van der Waals surface area (Å²) in [7, 11) is 0. The molecule has 0 bridgehead atoms. The molecule has 0 N–H and O–H groups in total. The molecule has 0 atom stereocenters. The van der Waals surface area contributed by atoms with Crippen LogP contribution in [-0.4, -0.2) is 0 Å². The van der Waals surface area contributed by atoms with Gasteiger partial charge in [0.15, 0.2) is 0 Å². The van der Waals surface area contributed by atoms with Gasteiger partial charge in [0.2, 0.25) is 0 Å². The van der Waals surface area contributed by atoms with Gasteiger partial charge in [0.25, 0.3) is 0 Å². The summed E-state index contributed by atoms with van der Waals surface area (Å²) in [5.74, 6) is 0. The van der Waals surface area contributed by atoms with Crippen molar-refractivity contribution in [2.45, 2.75) is 6.18 Å². The van der Waals surface area contributed by atoms with Gasteiger partial charge in [0, 0.05) is 0 Å². The molecule has 2 heterocycles. The number of rotatable bonds is 0. The minimum Gasteiger partial charge on any atom is -0.386 e. The van der Waals surface area contributed by atoms with E-state index in [0.717, 1.165) is 0 Å². The van der Waals surface area contributed by atoms with Crippen molar-refractivity contribution in [3.63, 3.8) is 0 Å². The van der Waals surface area contributed by atoms with E-state index in [1.54, 1.807) is 0 Å². The van der Waals surface area contributed by atoms with Crippen molar-refractivity contribution in [3.8, 4) is 0 Å². The number of fused-ring (bicyclic) bond motifs is 3. The van der Waals surface area contributed by atoms with E-state index in [1.807, 2.05) is 0 Å². The van der Waals surface area contributed by atoms with Gasteiger partial charge in [-0.1, -0.05) is 0 Å². The van der Waals surface area contributed by atoms with E-state index < -0.39 is 55.8 Å². The topological polar surface area (TPSA) is 94.6 Å². The predicted octanol–water partition coefficient (Wildman–Crippen LogP) is 0.514. The van der Waals surface area contributed by atoms with Crippen molar-refractivity contribution in [3.05, 3.63) is 53.3 Å². The van der Waals surface area contributed by atoms with Crippen LogP contribution >= 0.6 is 0 Å². The fourth-order valence-corrected chi connectivity index (χ4v) is 2.07. The van der Waals surface area contributed by atoms with E-state index in [4.69, 9.17) is 0 Å². The van der Waals surface area contributed by atoms with Gasteiger partial charge in [-0.25, -0.2) is 19.2 Å². The molecule has 9 heteroatoms. The van der Waals surface area contributed by atoms with Crippen LogP contribution in [0.4, 0.5) is 13.2 Å². The van der Waals surface area contributed by atoms with Gasteiger partial charge in [-0.15, -0.1) is 0 Å². The molecule has 6 nitrogen and oxygen atoms in total. The molecule has 20 heavy (non-hydrogen) atoms. The van der Waals surface area contributed by atoms with Gasteiger partial charge >= 0.3 is 28.7 Å². The van der Waals surface area contributed by atoms with Crippen molar-refractivity contribution in [2.24, 2.45) is 0 Å². The largest absolute Gasteiger partial charge is 0.417 e. The average Bonchev–Trinajstić information content (AvgIpc) is 2.76. The number of hydrogen-bond acceptors (Lipinski definition) is 6. The van der Waals surface area contributed by atoms with E-state index in [1.165, 1.54) is 0 Å². The Morgan fingerprint density at radius 1 is 0.750 bits per heavy atom. The average molecular weight is 286 g/mol. The number of halogens is 3. The highest BCUT2D eigenvalue weighted by Crippen LogP contribution is 2.35. The Morgan fingerprint density at radius 2 is 1.25 bits per heavy atom. The van der Waals surface area contributed by atoms with Crippen LogP contribution < -0.4 is 22.5 Å². The first-order chi connectivity index (χ1) is 9.21. The molecule has 0 aliphatic heterocycles. The number of furan rings is 2. The Kier molecular flexibility index (Phi) is 2.12. The van der Waals surface area contributed by atoms with Crippen LogP contribution in [0.2, 0.25) is 0 Å². The van der Waals surface area contributed by atoms with Crippen molar-refractivity contribution in [1.82, 2.24) is 0 Å². The lowest BCUT2D eigenvalue weighted by molar-refractivity contribution is -0.136. The molecule has 0 saturated heterocycles. The summed E-state index contributed by atoms with van der Waals surface area (Å²) in [6.07, 6.45) is -5.01. The summed E-state index contributed by atoms with van der Waals surface area (Å²) in [4.78, 5) is 45.5. The smallest absolute Gasteiger partial charge is 0.386 e. The zero-order chi connectivity index (χ0) is 14.8.